The predicted molar refractivity (Wildman–Crippen MR) is 80.8 cm³/mol. The quantitative estimate of drug-likeness (QED) is 0.876. The summed E-state index contributed by atoms with van der Waals surface area (Å²) in [4.78, 5) is 23.6. The molecule has 2 amide bonds. The molecule has 0 heterocycles. The molecule has 0 fully saturated rings. The van der Waals surface area contributed by atoms with Crippen LogP contribution in [0.2, 0.25) is 10.0 Å². The third-order valence-electron chi connectivity index (χ3n) is 3.10. The molecule has 1 aromatic carbocycles. The lowest BCUT2D eigenvalue weighted by Crippen LogP contribution is -2.48. The predicted octanol–water partition coefficient (Wildman–Crippen LogP) is 2.72. The first-order valence-corrected chi connectivity index (χ1v) is 7.04. The average molecular weight is 317 g/mol. The van der Waals surface area contributed by atoms with Gasteiger partial charge in [0.25, 0.3) is 0 Å². The van der Waals surface area contributed by atoms with Gasteiger partial charge in [-0.2, -0.15) is 0 Å². The monoisotopic (exact) mass is 316 g/mol. The third-order valence-corrected chi connectivity index (χ3v) is 3.76. The molecule has 2 unspecified atom stereocenters. The minimum atomic E-state index is -0.716. The maximum Gasteiger partial charge on any atom is 0.240 e. The number of hydrogen-bond acceptors (Lipinski definition) is 2. The lowest BCUT2D eigenvalue weighted by Gasteiger charge is -2.22. The molecular weight excluding hydrogens is 299 g/mol. The molecule has 0 saturated carbocycles. The normalized spacial score (nSPS) is 13.9. The zero-order chi connectivity index (χ0) is 15.4. The lowest BCUT2D eigenvalue weighted by molar-refractivity contribution is -0.129. The van der Waals surface area contributed by atoms with Gasteiger partial charge in [0.1, 0.15) is 6.04 Å². The van der Waals surface area contributed by atoms with E-state index < -0.39 is 17.9 Å². The van der Waals surface area contributed by atoms with E-state index in [1.165, 1.54) is 0 Å². The van der Waals surface area contributed by atoms with Crippen LogP contribution < -0.4 is 11.1 Å². The van der Waals surface area contributed by atoms with Crippen LogP contribution in [0.5, 0.6) is 0 Å². The number of amides is 2. The van der Waals surface area contributed by atoms with Crippen molar-refractivity contribution < 1.29 is 9.59 Å². The zero-order valence-corrected chi connectivity index (χ0v) is 13.1. The van der Waals surface area contributed by atoms with E-state index >= 15 is 0 Å². The molecule has 0 bridgehead atoms. The molecule has 0 spiro atoms. The number of carbonyl (C=O) groups is 2. The van der Waals surface area contributed by atoms with Crippen LogP contribution in [0, 0.1) is 5.92 Å². The van der Waals surface area contributed by atoms with Crippen molar-refractivity contribution in [3.8, 4) is 0 Å². The number of rotatable bonds is 5. The number of nitrogens with one attached hydrogen (secondary N) is 1. The van der Waals surface area contributed by atoms with E-state index in [4.69, 9.17) is 28.9 Å². The Hall–Kier alpha value is -1.26. The molecule has 110 valence electrons. The van der Waals surface area contributed by atoms with Gasteiger partial charge in [-0.25, -0.2) is 0 Å². The molecule has 0 aliphatic carbocycles. The Morgan fingerprint density at radius 1 is 1.15 bits per heavy atom. The number of primary amides is 1. The lowest BCUT2D eigenvalue weighted by atomic mass is 9.98. The van der Waals surface area contributed by atoms with Gasteiger partial charge in [0.2, 0.25) is 11.8 Å². The number of carbonyl (C=O) groups excluding carboxylic acids is 2. The molecule has 0 aliphatic rings. The van der Waals surface area contributed by atoms with Crippen molar-refractivity contribution in [2.24, 2.45) is 11.7 Å². The van der Waals surface area contributed by atoms with E-state index in [0.29, 0.717) is 15.6 Å². The number of halogens is 2. The van der Waals surface area contributed by atoms with Gasteiger partial charge in [-0.05, 0) is 25.0 Å². The Kier molecular flexibility index (Phi) is 5.84. The first-order chi connectivity index (χ1) is 9.25. The second-order valence-electron chi connectivity index (χ2n) is 4.99. The number of benzene rings is 1. The second kappa shape index (κ2) is 6.95. The van der Waals surface area contributed by atoms with Gasteiger partial charge in [0.15, 0.2) is 0 Å². The highest BCUT2D eigenvalue weighted by Gasteiger charge is 2.26. The minimum Gasteiger partial charge on any atom is -0.368 e. The highest BCUT2D eigenvalue weighted by molar-refractivity contribution is 6.36. The van der Waals surface area contributed by atoms with Crippen molar-refractivity contribution in [1.29, 1.82) is 0 Å². The van der Waals surface area contributed by atoms with Gasteiger partial charge in [-0.1, -0.05) is 43.1 Å². The van der Waals surface area contributed by atoms with E-state index in [0.717, 1.165) is 0 Å². The zero-order valence-electron chi connectivity index (χ0n) is 11.6. The van der Waals surface area contributed by atoms with Crippen LogP contribution in [0.1, 0.15) is 32.3 Å². The average Bonchev–Trinajstić information content (AvgIpc) is 2.34. The summed E-state index contributed by atoms with van der Waals surface area (Å²) in [5.74, 6) is -1.56. The topological polar surface area (TPSA) is 72.2 Å². The highest BCUT2D eigenvalue weighted by Crippen LogP contribution is 2.31. The van der Waals surface area contributed by atoms with E-state index in [1.807, 2.05) is 13.8 Å². The summed E-state index contributed by atoms with van der Waals surface area (Å²) in [6, 6.07) is 4.33. The molecule has 4 nitrogen and oxygen atoms in total. The summed E-state index contributed by atoms with van der Waals surface area (Å²) in [5.41, 5.74) is 5.82. The summed E-state index contributed by atoms with van der Waals surface area (Å²) in [7, 11) is 0. The smallest absolute Gasteiger partial charge is 0.240 e. The van der Waals surface area contributed by atoms with Gasteiger partial charge in [0.05, 0.1) is 5.92 Å². The maximum absolute atomic E-state index is 12.2. The molecule has 0 saturated heterocycles. The Morgan fingerprint density at radius 2 is 1.65 bits per heavy atom. The van der Waals surface area contributed by atoms with Crippen LogP contribution in [-0.4, -0.2) is 17.9 Å². The van der Waals surface area contributed by atoms with Crippen molar-refractivity contribution in [1.82, 2.24) is 5.32 Å². The van der Waals surface area contributed by atoms with Crippen LogP contribution in [-0.2, 0) is 9.59 Å². The molecule has 2 atom stereocenters. The number of hydrogen-bond donors (Lipinski definition) is 2. The van der Waals surface area contributed by atoms with Crippen LogP contribution in [0.25, 0.3) is 0 Å². The Balaban J connectivity index is 2.95. The largest absolute Gasteiger partial charge is 0.368 e. The van der Waals surface area contributed by atoms with Crippen LogP contribution in [0.4, 0.5) is 0 Å². The third kappa shape index (κ3) is 3.87. The van der Waals surface area contributed by atoms with Gasteiger partial charge in [-0.3, -0.25) is 9.59 Å². The van der Waals surface area contributed by atoms with Crippen molar-refractivity contribution >= 4 is 35.0 Å². The van der Waals surface area contributed by atoms with E-state index in [1.54, 1.807) is 25.1 Å². The first kappa shape index (κ1) is 16.8. The molecule has 0 radical (unpaired) electrons. The summed E-state index contributed by atoms with van der Waals surface area (Å²) < 4.78 is 0. The second-order valence-corrected chi connectivity index (χ2v) is 5.80. The molecular formula is C14H18Cl2N2O2. The SMILES string of the molecule is CC(C(=O)NC(C(N)=O)C(C)C)c1c(Cl)cccc1Cl. The summed E-state index contributed by atoms with van der Waals surface area (Å²) in [5, 5.41) is 3.47. The molecule has 1 aromatic rings. The van der Waals surface area contributed by atoms with E-state index in [9.17, 15) is 9.59 Å². The fourth-order valence-corrected chi connectivity index (χ4v) is 2.62. The fourth-order valence-electron chi connectivity index (χ4n) is 1.90. The van der Waals surface area contributed by atoms with Crippen molar-refractivity contribution in [3.63, 3.8) is 0 Å². The molecule has 20 heavy (non-hydrogen) atoms. The molecule has 0 aromatic heterocycles. The Labute approximate surface area is 128 Å². The van der Waals surface area contributed by atoms with E-state index in [2.05, 4.69) is 5.32 Å². The fraction of sp³-hybridized carbons (Fsp3) is 0.429. The van der Waals surface area contributed by atoms with Crippen molar-refractivity contribution in [3.05, 3.63) is 33.8 Å². The van der Waals surface area contributed by atoms with Gasteiger partial charge in [-0.15, -0.1) is 0 Å². The summed E-state index contributed by atoms with van der Waals surface area (Å²) in [6.45, 7) is 5.30. The van der Waals surface area contributed by atoms with Crippen LogP contribution in [0.3, 0.4) is 0 Å². The van der Waals surface area contributed by atoms with Crippen LogP contribution >= 0.6 is 23.2 Å². The van der Waals surface area contributed by atoms with Crippen LogP contribution in [0.15, 0.2) is 18.2 Å². The van der Waals surface area contributed by atoms with Crippen molar-refractivity contribution in [2.45, 2.75) is 32.7 Å². The van der Waals surface area contributed by atoms with E-state index in [-0.39, 0.29) is 11.8 Å². The summed E-state index contributed by atoms with van der Waals surface area (Å²) in [6.07, 6.45) is 0. The Morgan fingerprint density at radius 3 is 2.05 bits per heavy atom. The first-order valence-electron chi connectivity index (χ1n) is 6.29. The van der Waals surface area contributed by atoms with Gasteiger partial charge >= 0.3 is 0 Å². The van der Waals surface area contributed by atoms with Gasteiger partial charge in [0, 0.05) is 15.6 Å². The standard InChI is InChI=1S/C14H18Cl2N2O2/c1-7(2)12(13(17)19)18-14(20)8(3)11-9(15)5-4-6-10(11)16/h4-8,12H,1-3H3,(H2,17,19)(H,18,20). The molecule has 0 aliphatic heterocycles. The minimum absolute atomic E-state index is 0.0923. The number of nitrogens with two attached hydrogens (primary N) is 1. The molecule has 1 rings (SSSR count). The molecule has 6 heteroatoms. The molecule has 3 N–H and O–H groups in total. The highest BCUT2D eigenvalue weighted by atomic mass is 35.5. The van der Waals surface area contributed by atoms with Gasteiger partial charge < -0.3 is 11.1 Å². The Bertz CT molecular complexity index is 498. The summed E-state index contributed by atoms with van der Waals surface area (Å²) >= 11 is 12.1. The maximum atomic E-state index is 12.2. The van der Waals surface area contributed by atoms with Crippen molar-refractivity contribution in [2.75, 3.05) is 0 Å².